The zero-order valence-corrected chi connectivity index (χ0v) is 4.49. The van der Waals surface area contributed by atoms with E-state index in [2.05, 4.69) is 0 Å². The van der Waals surface area contributed by atoms with Crippen molar-refractivity contribution < 1.29 is 34.1 Å². The van der Waals surface area contributed by atoms with Crippen LogP contribution in [0.5, 0.6) is 0 Å². The first-order chi connectivity index (χ1) is 1.91. The van der Waals surface area contributed by atoms with E-state index in [1.165, 1.54) is 0 Å². The fourth-order valence-corrected chi connectivity index (χ4v) is 0. The van der Waals surface area contributed by atoms with Gasteiger partial charge in [0.15, 0.2) is 0 Å². The summed E-state index contributed by atoms with van der Waals surface area (Å²) in [5.41, 5.74) is 0. The van der Waals surface area contributed by atoms with Crippen LogP contribution in [0.25, 0.3) is 0 Å². The van der Waals surface area contributed by atoms with E-state index in [4.69, 9.17) is 12.8 Å². The minimum Gasteiger partial charge on any atom is -0.500 e. The fourth-order valence-electron chi connectivity index (χ4n) is 0. The molecule has 0 aliphatic rings. The zero-order valence-electron chi connectivity index (χ0n) is 2.60. The van der Waals surface area contributed by atoms with Gasteiger partial charge in [-0.2, -0.15) is 0 Å². The Hall–Kier alpha value is 0.159. The average molecular weight is 175 g/mol. The molecule has 0 spiro atoms. The quantitative estimate of drug-likeness (QED) is 0.279. The van der Waals surface area contributed by atoms with E-state index in [1.54, 1.807) is 11.8 Å². The molecule has 2 heteroatoms. The maximum atomic E-state index is 5.90. The third kappa shape index (κ3) is 30.9. The molecule has 38 valence electrons. The summed E-state index contributed by atoms with van der Waals surface area (Å²) in [6.07, 6.45) is 11.8. The number of hydrogen-bond acceptors (Lipinski definition) is 0. The molecule has 0 aliphatic heterocycles. The molecule has 0 saturated carbocycles. The summed E-state index contributed by atoms with van der Waals surface area (Å²) in [6.45, 7) is 0. The normalized spacial score (nSPS) is 1.67. The van der Waals surface area contributed by atoms with Crippen LogP contribution in [-0.2, 0) is 34.1 Å². The van der Waals surface area contributed by atoms with Crippen molar-refractivity contribution in [2.24, 2.45) is 0 Å². The van der Waals surface area contributed by atoms with E-state index in [1.807, 2.05) is 0 Å². The van der Waals surface area contributed by atoms with Gasteiger partial charge < -0.3 is 24.7 Å². The van der Waals surface area contributed by atoms with E-state index in [0.29, 0.717) is 0 Å². The van der Waals surface area contributed by atoms with Gasteiger partial charge in [-0.05, 0) is 0 Å². The van der Waals surface area contributed by atoms with Crippen LogP contribution >= 0.6 is 0 Å². The molecule has 6 heavy (non-hydrogen) atoms. The van der Waals surface area contributed by atoms with E-state index in [0.717, 1.165) is 0 Å². The maximum absolute atomic E-state index is 5.90. The number of hydrogen-bond donors (Lipinski definition) is 0. The third-order valence-corrected chi connectivity index (χ3v) is 0.0625. The molecule has 0 amide bonds. The average Bonchev–Trinajstić information content (AvgIpc) is 1.37. The smallest absolute Gasteiger partial charge is 0.500 e. The van der Waals surface area contributed by atoms with Gasteiger partial charge in [0.1, 0.15) is 0 Å². The van der Waals surface area contributed by atoms with Gasteiger partial charge in [0.25, 0.3) is 0 Å². The Labute approximate surface area is 59.0 Å². The van der Waals surface area contributed by atoms with Crippen LogP contribution in [0.1, 0.15) is 0 Å². The predicted molar refractivity (Wildman–Crippen MR) is 14.3 cm³/mol. The van der Waals surface area contributed by atoms with Gasteiger partial charge in [-0.15, -0.1) is 0 Å². The van der Waals surface area contributed by atoms with E-state index in [-0.39, 0.29) is 34.1 Å². The van der Waals surface area contributed by atoms with Crippen molar-refractivity contribution in [3.63, 3.8) is 0 Å². The van der Waals surface area contributed by atoms with Gasteiger partial charge in [-0.3, -0.25) is 0 Å². The minimum atomic E-state index is 0. The van der Waals surface area contributed by atoms with Gasteiger partial charge in [0.05, 0.1) is 0 Å². The summed E-state index contributed by atoms with van der Waals surface area (Å²) in [5, 5.41) is 0. The van der Waals surface area contributed by atoms with Crippen LogP contribution in [-0.4, -0.2) is 0 Å². The molecule has 0 bridgehead atoms. The molecule has 0 radical (unpaired) electrons. The minimum absolute atomic E-state index is 0. The molecule has 0 saturated heterocycles. The van der Waals surface area contributed by atoms with Crippen LogP contribution in [0.3, 0.4) is 0 Å². The molecule has 0 N–H and O–H groups in total. The molecule has 0 aromatic carbocycles. The van der Waals surface area contributed by atoms with Crippen molar-refractivity contribution >= 4 is 0 Å². The Bertz CT molecular complexity index is 60.5. The van der Waals surface area contributed by atoms with E-state index in [9.17, 15) is 0 Å². The predicted octanol–water partition coefficient (Wildman–Crippen LogP) is 0.161. The van der Waals surface area contributed by atoms with E-state index < -0.39 is 0 Å². The maximum Gasteiger partial charge on any atom is 1.00 e. The van der Waals surface area contributed by atoms with Gasteiger partial charge >= 0.3 is 34.1 Å². The molecule has 0 aliphatic carbocycles. The summed E-state index contributed by atoms with van der Waals surface area (Å²) in [7, 11) is 0. The molecule has 0 rings (SSSR count). The Morgan fingerprint density at radius 2 is 1.00 bits per heavy atom. The molecule has 0 aromatic rings. The second kappa shape index (κ2) is 19.1. The van der Waals surface area contributed by atoms with E-state index >= 15 is 0 Å². The van der Waals surface area contributed by atoms with Crippen molar-refractivity contribution in [2.75, 3.05) is 0 Å². The molecule has 0 nitrogen and oxygen atoms in total. The van der Waals surface area contributed by atoms with Crippen LogP contribution < -0.4 is 0 Å². The zero-order chi connectivity index (χ0) is 3.41. The Kier molecular flexibility index (Phi) is 52.4. The third-order valence-electron chi connectivity index (χ3n) is 0.0625. The summed E-state index contributed by atoms with van der Waals surface area (Å²) in [5.74, 6) is 3.19. The standard InChI is InChI=1S/C4.2Cu/c1-3-4-2;;/q-2;2*+1. The Balaban J connectivity index is -0.0000000450. The van der Waals surface area contributed by atoms with Crippen LogP contribution in [0.15, 0.2) is 0 Å². The molecular weight excluding hydrogens is 175 g/mol. The Morgan fingerprint density at radius 1 is 0.833 bits per heavy atom. The van der Waals surface area contributed by atoms with Crippen molar-refractivity contribution in [3.8, 4) is 11.8 Å². The molecule has 0 aromatic heterocycles. The first kappa shape index (κ1) is 16.4. The van der Waals surface area contributed by atoms with Gasteiger partial charge in [-0.25, -0.2) is 0 Å². The second-order valence-corrected chi connectivity index (χ2v) is 0.250. The van der Waals surface area contributed by atoms with Crippen LogP contribution in [0, 0.1) is 24.7 Å². The van der Waals surface area contributed by atoms with Crippen molar-refractivity contribution in [1.82, 2.24) is 0 Å². The first-order valence-corrected chi connectivity index (χ1v) is 0.750. The SMILES string of the molecule is [C-]#CC#[C-].[Cu+].[Cu+]. The second-order valence-electron chi connectivity index (χ2n) is 0.250. The van der Waals surface area contributed by atoms with Gasteiger partial charge in [0.2, 0.25) is 0 Å². The van der Waals surface area contributed by atoms with Crippen molar-refractivity contribution in [3.05, 3.63) is 12.8 Å². The molecule has 0 heterocycles. The molecule has 0 unspecified atom stereocenters. The monoisotopic (exact) mass is 174 g/mol. The topological polar surface area (TPSA) is 0 Å². The molecular formula is C4Cu2. The van der Waals surface area contributed by atoms with Crippen molar-refractivity contribution in [1.29, 1.82) is 0 Å². The summed E-state index contributed by atoms with van der Waals surface area (Å²) < 4.78 is 0. The summed E-state index contributed by atoms with van der Waals surface area (Å²) in [4.78, 5) is 0. The largest absolute Gasteiger partial charge is 1.00 e. The fraction of sp³-hybridized carbons (Fsp3) is 0. The Morgan fingerprint density at radius 3 is 1.00 bits per heavy atom. The van der Waals surface area contributed by atoms with Gasteiger partial charge in [0, 0.05) is 0 Å². The number of rotatable bonds is 0. The summed E-state index contributed by atoms with van der Waals surface area (Å²) in [6, 6.07) is 0. The summed E-state index contributed by atoms with van der Waals surface area (Å²) >= 11 is 0. The van der Waals surface area contributed by atoms with Crippen molar-refractivity contribution in [2.45, 2.75) is 0 Å². The molecule has 0 fully saturated rings. The molecule has 0 atom stereocenters. The van der Waals surface area contributed by atoms with Crippen LogP contribution in [0.4, 0.5) is 0 Å². The van der Waals surface area contributed by atoms with Gasteiger partial charge in [-0.1, -0.05) is 0 Å². The first-order valence-electron chi connectivity index (χ1n) is 0.750. The van der Waals surface area contributed by atoms with Crippen LogP contribution in [0.2, 0.25) is 0 Å².